The van der Waals surface area contributed by atoms with Gasteiger partial charge in [-0.05, 0) is 24.3 Å². The van der Waals surface area contributed by atoms with Crippen molar-refractivity contribution in [1.29, 1.82) is 0 Å². The first-order valence-corrected chi connectivity index (χ1v) is 4.04. The number of hydrogen-bond donors (Lipinski definition) is 2. The van der Waals surface area contributed by atoms with Crippen LogP contribution in [0.1, 0.15) is 10.4 Å². The average Bonchev–Trinajstić information content (AvgIpc) is 2.71. The van der Waals surface area contributed by atoms with Gasteiger partial charge < -0.3 is 10.6 Å². The van der Waals surface area contributed by atoms with Gasteiger partial charge in [0.05, 0.1) is 11.9 Å². The Morgan fingerprint density at radius 2 is 2.07 bits per heavy atom. The van der Waals surface area contributed by atoms with Crippen LogP contribution >= 0.6 is 0 Å². The first-order valence-electron chi connectivity index (χ1n) is 4.04. The van der Waals surface area contributed by atoms with Crippen molar-refractivity contribution in [3.8, 4) is 0 Å². The molecule has 1 aliphatic heterocycles. The van der Waals surface area contributed by atoms with E-state index in [1.165, 1.54) is 6.26 Å². The second-order valence-electron chi connectivity index (χ2n) is 2.78. The highest BCUT2D eigenvalue weighted by Gasteiger charge is 2.07. The monoisotopic (exact) mass is 191 g/mol. The number of rotatable bonds is 2. The summed E-state index contributed by atoms with van der Waals surface area (Å²) in [7, 11) is 0. The fourth-order valence-corrected chi connectivity index (χ4v) is 1.13. The third kappa shape index (κ3) is 1.53. The molecule has 14 heavy (non-hydrogen) atoms. The van der Waals surface area contributed by atoms with Gasteiger partial charge in [-0.15, -0.1) is 0 Å². The first kappa shape index (κ1) is 8.58. The zero-order valence-electron chi connectivity index (χ0n) is 7.31. The fourth-order valence-electron chi connectivity index (χ4n) is 1.13. The minimum atomic E-state index is -0.433. The van der Waals surface area contributed by atoms with Gasteiger partial charge in [0.2, 0.25) is 5.91 Å². The zero-order chi connectivity index (χ0) is 9.97. The molecule has 0 atom stereocenters. The predicted molar refractivity (Wildman–Crippen MR) is 50.8 cm³/mol. The molecule has 0 spiro atoms. The van der Waals surface area contributed by atoms with Crippen LogP contribution in [0.5, 0.6) is 0 Å². The molecule has 0 saturated heterocycles. The summed E-state index contributed by atoms with van der Waals surface area (Å²) < 4.78 is 0. The number of nitrogens with zero attached hydrogens (tertiary/aromatic N) is 1. The molecule has 1 heterocycles. The molecule has 0 unspecified atom stereocenters. The van der Waals surface area contributed by atoms with Gasteiger partial charge >= 0.3 is 0 Å². The molecule has 5 nitrogen and oxygen atoms in total. The van der Waals surface area contributed by atoms with E-state index in [9.17, 15) is 4.79 Å². The van der Waals surface area contributed by atoms with E-state index in [0.29, 0.717) is 5.56 Å². The van der Waals surface area contributed by atoms with Crippen molar-refractivity contribution < 1.29 is 9.63 Å². The van der Waals surface area contributed by atoms with E-state index in [1.807, 2.05) is 0 Å². The Labute approximate surface area is 80.7 Å². The van der Waals surface area contributed by atoms with E-state index < -0.39 is 5.91 Å². The van der Waals surface area contributed by atoms with Crippen LogP contribution in [0.25, 0.3) is 0 Å². The van der Waals surface area contributed by atoms with Crippen LogP contribution in [0, 0.1) is 0 Å². The molecule has 0 bridgehead atoms. The second-order valence-corrected chi connectivity index (χ2v) is 2.78. The molecular formula is C9H9N3O2. The molecule has 3 N–H and O–H groups in total. The van der Waals surface area contributed by atoms with E-state index in [2.05, 4.69) is 5.59 Å². The maximum atomic E-state index is 10.8. The van der Waals surface area contributed by atoms with Crippen LogP contribution in [-0.2, 0) is 4.84 Å². The lowest BCUT2D eigenvalue weighted by atomic mass is 10.2. The third-order valence-corrected chi connectivity index (χ3v) is 1.86. The molecule has 0 radical (unpaired) electrons. The highest BCUT2D eigenvalue weighted by Crippen LogP contribution is 2.15. The lowest BCUT2D eigenvalue weighted by Crippen LogP contribution is -2.26. The van der Waals surface area contributed by atoms with E-state index in [1.54, 1.807) is 35.5 Å². The van der Waals surface area contributed by atoms with E-state index in [4.69, 9.17) is 10.6 Å². The number of amides is 1. The Morgan fingerprint density at radius 1 is 1.36 bits per heavy atom. The van der Waals surface area contributed by atoms with E-state index in [-0.39, 0.29) is 0 Å². The number of nitrogens with two attached hydrogens (primary N) is 1. The summed E-state index contributed by atoms with van der Waals surface area (Å²) in [6.07, 6.45) is 3.24. The van der Waals surface area contributed by atoms with Gasteiger partial charge in [-0.1, -0.05) is 5.59 Å². The zero-order valence-corrected chi connectivity index (χ0v) is 7.31. The Balaban J connectivity index is 2.21. The number of nitrogens with one attached hydrogen (secondary N) is 1. The third-order valence-electron chi connectivity index (χ3n) is 1.86. The van der Waals surface area contributed by atoms with Crippen molar-refractivity contribution in [2.75, 3.05) is 5.01 Å². The van der Waals surface area contributed by atoms with Crippen LogP contribution in [0.2, 0.25) is 0 Å². The number of anilines is 1. The van der Waals surface area contributed by atoms with Crippen molar-refractivity contribution in [3.63, 3.8) is 0 Å². The number of hydrazine groups is 1. The van der Waals surface area contributed by atoms with Crippen molar-refractivity contribution in [3.05, 3.63) is 42.3 Å². The second kappa shape index (κ2) is 3.39. The number of hydrogen-bond acceptors (Lipinski definition) is 4. The maximum absolute atomic E-state index is 10.8. The minimum absolute atomic E-state index is 0.433. The van der Waals surface area contributed by atoms with Gasteiger partial charge in [0, 0.05) is 5.56 Å². The van der Waals surface area contributed by atoms with Crippen LogP contribution in [0.4, 0.5) is 5.69 Å². The molecule has 2 rings (SSSR count). The molecule has 72 valence electrons. The topological polar surface area (TPSA) is 67.6 Å². The SMILES string of the molecule is NC(=O)c1ccc(N2C=CON2)cc1. The van der Waals surface area contributed by atoms with Crippen LogP contribution in [-0.4, -0.2) is 5.91 Å². The summed E-state index contributed by atoms with van der Waals surface area (Å²) in [5, 5.41) is 1.67. The molecule has 0 fully saturated rings. The smallest absolute Gasteiger partial charge is 0.248 e. The number of benzene rings is 1. The predicted octanol–water partition coefficient (Wildman–Crippen LogP) is 0.513. The summed E-state index contributed by atoms with van der Waals surface area (Å²) in [5.41, 5.74) is 9.09. The van der Waals surface area contributed by atoms with Crippen molar-refractivity contribution in [1.82, 2.24) is 5.59 Å². The average molecular weight is 191 g/mol. The highest BCUT2D eigenvalue weighted by atomic mass is 16.7. The molecule has 0 saturated carbocycles. The summed E-state index contributed by atoms with van der Waals surface area (Å²) in [6, 6.07) is 6.86. The van der Waals surface area contributed by atoms with Gasteiger partial charge in [-0.2, -0.15) is 0 Å². The van der Waals surface area contributed by atoms with Gasteiger partial charge in [0.25, 0.3) is 0 Å². The minimum Gasteiger partial charge on any atom is -0.395 e. The van der Waals surface area contributed by atoms with E-state index in [0.717, 1.165) is 5.69 Å². The summed E-state index contributed by atoms with van der Waals surface area (Å²) in [6.45, 7) is 0. The Kier molecular flexibility index (Phi) is 2.08. The highest BCUT2D eigenvalue weighted by molar-refractivity contribution is 5.93. The van der Waals surface area contributed by atoms with Crippen molar-refractivity contribution >= 4 is 11.6 Å². The van der Waals surface area contributed by atoms with Gasteiger partial charge in [0.15, 0.2) is 0 Å². The summed E-state index contributed by atoms with van der Waals surface area (Å²) >= 11 is 0. The Hall–Kier alpha value is -2.01. The van der Waals surface area contributed by atoms with Crippen LogP contribution in [0.3, 0.4) is 0 Å². The Bertz CT molecular complexity index is 372. The van der Waals surface area contributed by atoms with Crippen LogP contribution < -0.4 is 16.3 Å². The van der Waals surface area contributed by atoms with E-state index >= 15 is 0 Å². The molecule has 1 aliphatic rings. The van der Waals surface area contributed by atoms with Gasteiger partial charge in [-0.3, -0.25) is 4.79 Å². The molecule has 0 aromatic heterocycles. The number of carbonyl (C=O) groups excluding carboxylic acids is 1. The molecule has 1 aromatic carbocycles. The first-order chi connectivity index (χ1) is 6.77. The quantitative estimate of drug-likeness (QED) is 0.714. The molecular weight excluding hydrogens is 182 g/mol. The number of primary amides is 1. The van der Waals surface area contributed by atoms with Crippen molar-refractivity contribution in [2.24, 2.45) is 5.73 Å². The van der Waals surface area contributed by atoms with Gasteiger partial charge in [0.1, 0.15) is 6.26 Å². The van der Waals surface area contributed by atoms with Crippen LogP contribution in [0.15, 0.2) is 36.7 Å². The van der Waals surface area contributed by atoms with Crippen molar-refractivity contribution in [2.45, 2.75) is 0 Å². The lowest BCUT2D eigenvalue weighted by molar-refractivity contribution is 0.100. The molecule has 1 amide bonds. The molecule has 5 heteroatoms. The lowest BCUT2D eigenvalue weighted by Gasteiger charge is -2.13. The standard InChI is InChI=1S/C9H9N3O2/c10-9(13)7-1-3-8(4-2-7)12-5-6-14-11-12/h1-6,11H,(H2,10,13). The molecule has 0 aliphatic carbocycles. The maximum Gasteiger partial charge on any atom is 0.248 e. The Morgan fingerprint density at radius 3 is 2.57 bits per heavy atom. The normalized spacial score (nSPS) is 14.1. The fraction of sp³-hybridized carbons (Fsp3) is 0. The summed E-state index contributed by atoms with van der Waals surface area (Å²) in [4.78, 5) is 15.6. The molecule has 1 aromatic rings. The van der Waals surface area contributed by atoms with Gasteiger partial charge in [-0.25, -0.2) is 5.01 Å². The number of carbonyl (C=O) groups is 1. The largest absolute Gasteiger partial charge is 0.395 e. The summed E-state index contributed by atoms with van der Waals surface area (Å²) in [5.74, 6) is -0.433.